The summed E-state index contributed by atoms with van der Waals surface area (Å²) in [6, 6.07) is 15.0. The third-order valence-electron chi connectivity index (χ3n) is 5.47. The molecular formula is C23H30N2O3S. The average molecular weight is 415 g/mol. The summed E-state index contributed by atoms with van der Waals surface area (Å²) in [5.74, 6) is 0.638. The minimum absolute atomic E-state index is 0.0163. The standard InChI is InChI=1S/C23H30N2O3S/c1-18-11-13-25(14-12-18)16-22-6-4-3-5-21(22)15-24-23(26)20-9-7-19(8-10-20)17-29(2,27)28/h3-10,18H,11-17H2,1-2H3,(H,24,26). The van der Waals surface area contributed by atoms with Gasteiger partial charge in [-0.15, -0.1) is 0 Å². The van der Waals surface area contributed by atoms with Crippen molar-refractivity contribution in [2.24, 2.45) is 5.92 Å². The molecule has 0 spiro atoms. The van der Waals surface area contributed by atoms with E-state index >= 15 is 0 Å². The van der Waals surface area contributed by atoms with E-state index in [0.29, 0.717) is 17.7 Å². The predicted molar refractivity (Wildman–Crippen MR) is 116 cm³/mol. The molecule has 1 heterocycles. The molecule has 1 aliphatic heterocycles. The van der Waals surface area contributed by atoms with Gasteiger partial charge in [0, 0.05) is 24.9 Å². The third-order valence-corrected chi connectivity index (χ3v) is 6.33. The van der Waals surface area contributed by atoms with Crippen molar-refractivity contribution in [3.8, 4) is 0 Å². The summed E-state index contributed by atoms with van der Waals surface area (Å²) in [7, 11) is -3.08. The lowest BCUT2D eigenvalue weighted by atomic mass is 9.98. The van der Waals surface area contributed by atoms with Gasteiger partial charge in [-0.25, -0.2) is 8.42 Å². The fraction of sp³-hybridized carbons (Fsp3) is 0.435. The van der Waals surface area contributed by atoms with Crippen molar-refractivity contribution in [3.63, 3.8) is 0 Å². The van der Waals surface area contributed by atoms with Gasteiger partial charge < -0.3 is 5.32 Å². The lowest BCUT2D eigenvalue weighted by Crippen LogP contribution is -2.33. The van der Waals surface area contributed by atoms with Gasteiger partial charge >= 0.3 is 0 Å². The van der Waals surface area contributed by atoms with E-state index in [2.05, 4.69) is 29.3 Å². The fourth-order valence-electron chi connectivity index (χ4n) is 3.68. The van der Waals surface area contributed by atoms with Crippen LogP contribution >= 0.6 is 0 Å². The minimum atomic E-state index is -3.08. The van der Waals surface area contributed by atoms with E-state index in [4.69, 9.17) is 0 Å². The molecule has 29 heavy (non-hydrogen) atoms. The molecule has 0 aliphatic carbocycles. The number of carbonyl (C=O) groups excluding carboxylic acids is 1. The number of hydrogen-bond acceptors (Lipinski definition) is 4. The second-order valence-electron chi connectivity index (χ2n) is 8.18. The molecule has 1 N–H and O–H groups in total. The molecule has 0 unspecified atom stereocenters. The molecule has 0 aromatic heterocycles. The van der Waals surface area contributed by atoms with Gasteiger partial charge in [-0.1, -0.05) is 43.3 Å². The summed E-state index contributed by atoms with van der Waals surface area (Å²) in [6.07, 6.45) is 3.69. The molecule has 3 rings (SSSR count). The maximum Gasteiger partial charge on any atom is 0.251 e. The van der Waals surface area contributed by atoms with Gasteiger partial charge in [0.2, 0.25) is 0 Å². The molecule has 5 nitrogen and oxygen atoms in total. The first kappa shape index (κ1) is 21.5. The van der Waals surface area contributed by atoms with Crippen LogP contribution in [0.3, 0.4) is 0 Å². The summed E-state index contributed by atoms with van der Waals surface area (Å²) in [5, 5.41) is 2.99. The molecule has 2 aromatic carbocycles. The van der Waals surface area contributed by atoms with Crippen LogP contribution in [-0.4, -0.2) is 38.6 Å². The lowest BCUT2D eigenvalue weighted by molar-refractivity contribution is 0.0950. The van der Waals surface area contributed by atoms with Gasteiger partial charge in [-0.05, 0) is 60.7 Å². The smallest absolute Gasteiger partial charge is 0.251 e. The van der Waals surface area contributed by atoms with Crippen LogP contribution in [0.5, 0.6) is 0 Å². The van der Waals surface area contributed by atoms with Crippen LogP contribution in [-0.2, 0) is 28.7 Å². The maximum absolute atomic E-state index is 12.5. The molecule has 0 bridgehead atoms. The van der Waals surface area contributed by atoms with E-state index in [1.54, 1.807) is 24.3 Å². The van der Waals surface area contributed by atoms with Gasteiger partial charge in [0.25, 0.3) is 5.91 Å². The normalized spacial score (nSPS) is 15.9. The van der Waals surface area contributed by atoms with Crippen molar-refractivity contribution in [2.45, 2.75) is 38.6 Å². The summed E-state index contributed by atoms with van der Waals surface area (Å²) < 4.78 is 22.8. The SMILES string of the molecule is CC1CCN(Cc2ccccc2CNC(=O)c2ccc(CS(C)(=O)=O)cc2)CC1. The van der Waals surface area contributed by atoms with Crippen molar-refractivity contribution in [1.82, 2.24) is 10.2 Å². The molecule has 1 aliphatic rings. The van der Waals surface area contributed by atoms with Gasteiger partial charge in [-0.2, -0.15) is 0 Å². The Balaban J connectivity index is 1.59. The molecule has 2 aromatic rings. The largest absolute Gasteiger partial charge is 0.348 e. The van der Waals surface area contributed by atoms with Crippen LogP contribution in [0.1, 0.15) is 46.8 Å². The number of nitrogens with one attached hydrogen (secondary N) is 1. The van der Waals surface area contributed by atoms with Crippen molar-refractivity contribution in [1.29, 1.82) is 0 Å². The monoisotopic (exact) mass is 414 g/mol. The van der Waals surface area contributed by atoms with Gasteiger partial charge in [0.1, 0.15) is 0 Å². The molecule has 156 valence electrons. The molecule has 1 fully saturated rings. The van der Waals surface area contributed by atoms with Crippen LogP contribution in [0.4, 0.5) is 0 Å². The first-order chi connectivity index (χ1) is 13.8. The Morgan fingerprint density at radius 1 is 1.03 bits per heavy atom. The first-order valence-electron chi connectivity index (χ1n) is 10.1. The number of carbonyl (C=O) groups is 1. The summed E-state index contributed by atoms with van der Waals surface area (Å²) >= 11 is 0. The topological polar surface area (TPSA) is 66.5 Å². The number of rotatable bonds is 7. The summed E-state index contributed by atoms with van der Waals surface area (Å²) in [4.78, 5) is 15.0. The molecule has 0 saturated carbocycles. The van der Waals surface area contributed by atoms with Crippen LogP contribution in [0, 0.1) is 5.92 Å². The highest BCUT2D eigenvalue weighted by atomic mass is 32.2. The second-order valence-corrected chi connectivity index (χ2v) is 10.3. The molecule has 0 atom stereocenters. The van der Waals surface area contributed by atoms with Crippen LogP contribution < -0.4 is 5.32 Å². The van der Waals surface area contributed by atoms with Crippen molar-refractivity contribution in [2.75, 3.05) is 19.3 Å². The predicted octanol–water partition coefficient (Wildman–Crippen LogP) is 3.39. The van der Waals surface area contributed by atoms with Crippen LogP contribution in [0.15, 0.2) is 48.5 Å². The van der Waals surface area contributed by atoms with E-state index in [9.17, 15) is 13.2 Å². The Hall–Kier alpha value is -2.18. The van der Waals surface area contributed by atoms with Crippen molar-refractivity contribution >= 4 is 15.7 Å². The number of hydrogen-bond donors (Lipinski definition) is 1. The summed E-state index contributed by atoms with van der Waals surface area (Å²) in [6.45, 7) is 5.96. The molecule has 1 saturated heterocycles. The fourth-order valence-corrected chi connectivity index (χ4v) is 4.48. The number of nitrogens with zero attached hydrogens (tertiary/aromatic N) is 1. The van der Waals surface area contributed by atoms with Gasteiger partial charge in [-0.3, -0.25) is 9.69 Å². The molecule has 1 amide bonds. The van der Waals surface area contributed by atoms with Gasteiger partial charge in [0.05, 0.1) is 5.75 Å². The minimum Gasteiger partial charge on any atom is -0.348 e. The molecular weight excluding hydrogens is 384 g/mol. The zero-order valence-corrected chi connectivity index (χ0v) is 18.0. The highest BCUT2D eigenvalue weighted by Gasteiger charge is 2.17. The van der Waals surface area contributed by atoms with E-state index in [0.717, 1.165) is 31.1 Å². The quantitative estimate of drug-likeness (QED) is 0.754. The highest BCUT2D eigenvalue weighted by molar-refractivity contribution is 7.89. The van der Waals surface area contributed by atoms with E-state index < -0.39 is 9.84 Å². The number of benzene rings is 2. The Labute approximate surface area is 174 Å². The number of amides is 1. The second kappa shape index (κ2) is 9.55. The zero-order valence-electron chi connectivity index (χ0n) is 17.2. The molecule has 0 radical (unpaired) electrons. The van der Waals surface area contributed by atoms with E-state index in [1.807, 2.05) is 12.1 Å². The van der Waals surface area contributed by atoms with E-state index in [1.165, 1.54) is 24.7 Å². The van der Waals surface area contributed by atoms with Crippen molar-refractivity contribution < 1.29 is 13.2 Å². The Morgan fingerprint density at radius 2 is 1.66 bits per heavy atom. The van der Waals surface area contributed by atoms with Gasteiger partial charge in [0.15, 0.2) is 9.84 Å². The third kappa shape index (κ3) is 6.68. The Kier molecular flexibility index (Phi) is 7.09. The van der Waals surface area contributed by atoms with Crippen molar-refractivity contribution in [3.05, 3.63) is 70.8 Å². The van der Waals surface area contributed by atoms with Crippen LogP contribution in [0.25, 0.3) is 0 Å². The first-order valence-corrected chi connectivity index (χ1v) is 12.2. The van der Waals surface area contributed by atoms with E-state index in [-0.39, 0.29) is 11.7 Å². The lowest BCUT2D eigenvalue weighted by Gasteiger charge is -2.30. The number of sulfone groups is 1. The zero-order chi connectivity index (χ0) is 20.9. The maximum atomic E-state index is 12.5. The number of likely N-dealkylation sites (tertiary alicyclic amines) is 1. The Morgan fingerprint density at radius 3 is 2.28 bits per heavy atom. The average Bonchev–Trinajstić information content (AvgIpc) is 2.68. The summed E-state index contributed by atoms with van der Waals surface area (Å²) in [5.41, 5.74) is 3.61. The Bertz CT molecular complexity index is 931. The highest BCUT2D eigenvalue weighted by Crippen LogP contribution is 2.20. The number of piperidine rings is 1. The van der Waals surface area contributed by atoms with Crippen LogP contribution in [0.2, 0.25) is 0 Å². The molecule has 6 heteroatoms.